The Kier molecular flexibility index (Phi) is 8.76. The summed E-state index contributed by atoms with van der Waals surface area (Å²) in [7, 11) is 1.85. The van der Waals surface area contributed by atoms with Gasteiger partial charge < -0.3 is 19.9 Å². The molecule has 3 aliphatic heterocycles. The van der Waals surface area contributed by atoms with Gasteiger partial charge >= 0.3 is 0 Å². The van der Waals surface area contributed by atoms with Crippen LogP contribution in [0.5, 0.6) is 0 Å². The largest absolute Gasteiger partial charge is 0.381 e. The number of hydrogen-bond donors (Lipinski definition) is 1. The zero-order chi connectivity index (χ0) is 20.1. The van der Waals surface area contributed by atoms with E-state index in [9.17, 15) is 4.79 Å². The lowest BCUT2D eigenvalue weighted by Crippen LogP contribution is -2.53. The van der Waals surface area contributed by atoms with Crippen LogP contribution in [0, 0.1) is 5.92 Å². The molecule has 166 valence electrons. The van der Waals surface area contributed by atoms with Crippen molar-refractivity contribution in [3.63, 3.8) is 0 Å². The number of hydrogen-bond acceptors (Lipinski definition) is 4. The first-order valence-corrected chi connectivity index (χ1v) is 10.9. The summed E-state index contributed by atoms with van der Waals surface area (Å²) < 4.78 is 5.51. The maximum absolute atomic E-state index is 11.9. The molecule has 1 N–H and O–H groups in total. The van der Waals surface area contributed by atoms with Crippen molar-refractivity contribution in [2.24, 2.45) is 10.9 Å². The molecule has 1 unspecified atom stereocenters. The molecule has 0 saturated carbocycles. The highest BCUT2D eigenvalue weighted by Gasteiger charge is 2.24. The lowest BCUT2D eigenvalue weighted by atomic mass is 10.1. The molecule has 1 aromatic rings. The third-order valence-corrected chi connectivity index (χ3v) is 6.20. The molecular formula is C22H34IN5O2. The molecule has 0 bridgehead atoms. The van der Waals surface area contributed by atoms with Gasteiger partial charge in [-0.2, -0.15) is 0 Å². The molecule has 3 heterocycles. The monoisotopic (exact) mass is 527 g/mol. The number of benzene rings is 1. The predicted molar refractivity (Wildman–Crippen MR) is 131 cm³/mol. The van der Waals surface area contributed by atoms with Crippen molar-refractivity contribution >= 4 is 41.5 Å². The quantitative estimate of drug-likeness (QED) is 0.362. The Morgan fingerprint density at radius 3 is 2.53 bits per heavy atom. The minimum absolute atomic E-state index is 0. The number of rotatable bonds is 5. The van der Waals surface area contributed by atoms with Gasteiger partial charge in [-0.15, -0.1) is 24.0 Å². The van der Waals surface area contributed by atoms with Crippen molar-refractivity contribution in [1.29, 1.82) is 0 Å². The summed E-state index contributed by atoms with van der Waals surface area (Å²) in [5.74, 6) is 1.90. The minimum atomic E-state index is 0. The highest BCUT2D eigenvalue weighted by Crippen LogP contribution is 2.21. The molecule has 3 fully saturated rings. The Balaban J connectivity index is 0.00000256. The van der Waals surface area contributed by atoms with Gasteiger partial charge in [-0.1, -0.05) is 12.1 Å². The topological polar surface area (TPSA) is 60.4 Å². The number of carbonyl (C=O) groups is 1. The van der Waals surface area contributed by atoms with Crippen LogP contribution in [-0.2, 0) is 16.1 Å². The number of amides is 1. The van der Waals surface area contributed by atoms with E-state index in [0.717, 1.165) is 77.1 Å². The highest BCUT2D eigenvalue weighted by molar-refractivity contribution is 14.0. The summed E-state index contributed by atoms with van der Waals surface area (Å²) >= 11 is 0. The first-order chi connectivity index (χ1) is 14.2. The van der Waals surface area contributed by atoms with Gasteiger partial charge in [0.2, 0.25) is 5.91 Å². The Bertz CT molecular complexity index is 713. The molecule has 3 saturated heterocycles. The molecule has 1 aromatic carbocycles. The molecule has 0 aliphatic carbocycles. The summed E-state index contributed by atoms with van der Waals surface area (Å²) in [6.07, 6.45) is 2.83. The Morgan fingerprint density at radius 2 is 1.93 bits per heavy atom. The van der Waals surface area contributed by atoms with Gasteiger partial charge in [0, 0.05) is 71.6 Å². The molecule has 0 radical (unpaired) electrons. The summed E-state index contributed by atoms with van der Waals surface area (Å²) in [5.41, 5.74) is 2.20. The van der Waals surface area contributed by atoms with Crippen molar-refractivity contribution in [3.05, 3.63) is 29.8 Å². The van der Waals surface area contributed by atoms with Gasteiger partial charge in [0.15, 0.2) is 5.96 Å². The Morgan fingerprint density at radius 1 is 1.17 bits per heavy atom. The Labute approximate surface area is 196 Å². The molecule has 30 heavy (non-hydrogen) atoms. The van der Waals surface area contributed by atoms with Gasteiger partial charge in [-0.25, -0.2) is 0 Å². The first-order valence-electron chi connectivity index (χ1n) is 10.9. The lowest BCUT2D eigenvalue weighted by Gasteiger charge is -2.37. The molecule has 0 aromatic heterocycles. The summed E-state index contributed by atoms with van der Waals surface area (Å²) in [6, 6.07) is 8.30. The summed E-state index contributed by atoms with van der Waals surface area (Å²) in [5, 5.41) is 3.50. The van der Waals surface area contributed by atoms with Gasteiger partial charge in [0.1, 0.15) is 0 Å². The van der Waals surface area contributed by atoms with Crippen molar-refractivity contribution in [2.45, 2.75) is 25.8 Å². The molecule has 8 heteroatoms. The number of carbonyl (C=O) groups excluding carboxylic acids is 1. The summed E-state index contributed by atoms with van der Waals surface area (Å²) in [6.45, 7) is 8.75. The van der Waals surface area contributed by atoms with E-state index in [2.05, 4.69) is 44.4 Å². The number of guanidine groups is 1. The highest BCUT2D eigenvalue weighted by atomic mass is 127. The zero-order valence-electron chi connectivity index (χ0n) is 17.9. The van der Waals surface area contributed by atoms with Crippen LogP contribution in [0.2, 0.25) is 0 Å². The SMILES string of the molecule is CN=C(NCc1ccc(N2CCCC2=O)cc1)N1CCN(CC2CCOC2)CC1.I. The van der Waals surface area contributed by atoms with E-state index in [0.29, 0.717) is 12.3 Å². The van der Waals surface area contributed by atoms with Crippen LogP contribution in [0.3, 0.4) is 0 Å². The number of anilines is 1. The predicted octanol–water partition coefficient (Wildman–Crippen LogP) is 2.16. The van der Waals surface area contributed by atoms with Crippen molar-refractivity contribution < 1.29 is 9.53 Å². The first kappa shape index (κ1) is 23.3. The molecular weight excluding hydrogens is 493 g/mol. The molecule has 3 aliphatic rings. The second-order valence-electron chi connectivity index (χ2n) is 8.23. The fourth-order valence-corrected chi connectivity index (χ4v) is 4.46. The zero-order valence-corrected chi connectivity index (χ0v) is 20.2. The van der Waals surface area contributed by atoms with Crippen LogP contribution < -0.4 is 10.2 Å². The van der Waals surface area contributed by atoms with E-state index in [-0.39, 0.29) is 29.9 Å². The van der Waals surface area contributed by atoms with E-state index < -0.39 is 0 Å². The van der Waals surface area contributed by atoms with E-state index in [1.54, 1.807) is 0 Å². The van der Waals surface area contributed by atoms with Crippen molar-refractivity contribution in [1.82, 2.24) is 15.1 Å². The Hall–Kier alpha value is -1.39. The third kappa shape index (κ3) is 5.85. The number of nitrogens with one attached hydrogen (secondary N) is 1. The fourth-order valence-electron chi connectivity index (χ4n) is 4.46. The maximum atomic E-state index is 11.9. The number of aliphatic imine (C=N–C) groups is 1. The lowest BCUT2D eigenvalue weighted by molar-refractivity contribution is -0.117. The number of nitrogens with zero attached hydrogens (tertiary/aromatic N) is 4. The standard InChI is InChI=1S/C22H33N5O2.HI/c1-23-22(26-12-10-25(11-13-26)16-19-8-14-29-17-19)24-15-18-4-6-20(7-5-18)27-9-2-3-21(27)28;/h4-7,19H,2-3,8-17H2,1H3,(H,23,24);1H. The van der Waals surface area contributed by atoms with Crippen LogP contribution in [0.1, 0.15) is 24.8 Å². The second-order valence-corrected chi connectivity index (χ2v) is 8.23. The van der Waals surface area contributed by atoms with Crippen LogP contribution in [0.25, 0.3) is 0 Å². The van der Waals surface area contributed by atoms with E-state index in [4.69, 9.17) is 4.74 Å². The van der Waals surface area contributed by atoms with E-state index in [1.165, 1.54) is 12.0 Å². The second kappa shape index (κ2) is 11.3. The molecule has 1 atom stereocenters. The molecule has 0 spiro atoms. The number of halogens is 1. The van der Waals surface area contributed by atoms with E-state index in [1.807, 2.05) is 11.9 Å². The number of ether oxygens (including phenoxy) is 1. The van der Waals surface area contributed by atoms with Crippen LogP contribution in [-0.4, -0.2) is 81.2 Å². The van der Waals surface area contributed by atoms with Gasteiger partial charge in [-0.05, 0) is 36.5 Å². The smallest absolute Gasteiger partial charge is 0.227 e. The molecule has 1 amide bonds. The van der Waals surface area contributed by atoms with Gasteiger partial charge in [0.25, 0.3) is 0 Å². The van der Waals surface area contributed by atoms with Crippen molar-refractivity contribution in [2.75, 3.05) is 64.4 Å². The summed E-state index contributed by atoms with van der Waals surface area (Å²) in [4.78, 5) is 23.2. The van der Waals surface area contributed by atoms with Crippen LogP contribution in [0.15, 0.2) is 29.3 Å². The number of piperazine rings is 1. The third-order valence-electron chi connectivity index (χ3n) is 6.20. The van der Waals surface area contributed by atoms with Crippen LogP contribution >= 0.6 is 24.0 Å². The van der Waals surface area contributed by atoms with Crippen molar-refractivity contribution in [3.8, 4) is 0 Å². The maximum Gasteiger partial charge on any atom is 0.227 e. The molecule has 4 rings (SSSR count). The van der Waals surface area contributed by atoms with Gasteiger partial charge in [0.05, 0.1) is 6.61 Å². The van der Waals surface area contributed by atoms with Crippen LogP contribution in [0.4, 0.5) is 5.69 Å². The average Bonchev–Trinajstić information content (AvgIpc) is 3.42. The van der Waals surface area contributed by atoms with Gasteiger partial charge in [-0.3, -0.25) is 14.7 Å². The fraction of sp³-hybridized carbons (Fsp3) is 0.636. The normalized spacial score (nSPS) is 23.0. The minimum Gasteiger partial charge on any atom is -0.381 e. The molecule has 7 nitrogen and oxygen atoms in total. The van der Waals surface area contributed by atoms with E-state index >= 15 is 0 Å². The average molecular weight is 527 g/mol.